The molecule has 0 aromatic rings. The van der Waals surface area contributed by atoms with Crippen LogP contribution in [0.4, 0.5) is 0 Å². The van der Waals surface area contributed by atoms with E-state index in [1.807, 2.05) is 19.0 Å². The van der Waals surface area contributed by atoms with Crippen LogP contribution < -0.4 is 0 Å². The molecule has 0 saturated carbocycles. The summed E-state index contributed by atoms with van der Waals surface area (Å²) in [5.41, 5.74) is 0. The number of hydrogen-bond donors (Lipinski definition) is 0. The summed E-state index contributed by atoms with van der Waals surface area (Å²) in [7, 11) is 5.50. The molecule has 1 unspecified atom stereocenters. The third-order valence-corrected chi connectivity index (χ3v) is 2.57. The Morgan fingerprint density at radius 1 is 1.53 bits per heavy atom. The Labute approximate surface area is 90.5 Å². The molecule has 1 amide bonds. The maximum Gasteiger partial charge on any atom is 0.222 e. The van der Waals surface area contributed by atoms with Crippen molar-refractivity contribution in [2.75, 3.05) is 27.7 Å². The van der Waals surface area contributed by atoms with E-state index in [0.717, 1.165) is 0 Å². The van der Waals surface area contributed by atoms with E-state index in [-0.39, 0.29) is 17.6 Å². The Balaban J connectivity index is 2.51. The van der Waals surface area contributed by atoms with Crippen molar-refractivity contribution in [2.45, 2.75) is 12.8 Å². The standard InChI is InChI=1S/C11H18N2O2/c1-12(2)7-6-10(14)9-4-5-11(15)13(3)8-9/h6-7,9H,4-5,8H2,1-3H3. The molecule has 0 aromatic heterocycles. The van der Waals surface area contributed by atoms with Crippen molar-refractivity contribution >= 4 is 11.7 Å². The molecule has 15 heavy (non-hydrogen) atoms. The third-order valence-electron chi connectivity index (χ3n) is 2.57. The van der Waals surface area contributed by atoms with Crippen molar-refractivity contribution in [3.63, 3.8) is 0 Å². The van der Waals surface area contributed by atoms with Gasteiger partial charge in [-0.3, -0.25) is 9.59 Å². The smallest absolute Gasteiger partial charge is 0.222 e. The van der Waals surface area contributed by atoms with Crippen molar-refractivity contribution in [1.82, 2.24) is 9.80 Å². The summed E-state index contributed by atoms with van der Waals surface area (Å²) in [5.74, 6) is 0.225. The second-order valence-corrected chi connectivity index (χ2v) is 4.19. The number of carbonyl (C=O) groups is 2. The van der Waals surface area contributed by atoms with Gasteiger partial charge in [0.2, 0.25) is 5.91 Å². The van der Waals surface area contributed by atoms with Gasteiger partial charge in [0.15, 0.2) is 5.78 Å². The number of rotatable bonds is 3. The Hall–Kier alpha value is -1.32. The lowest BCUT2D eigenvalue weighted by molar-refractivity contribution is -0.135. The molecule has 1 aliphatic rings. The van der Waals surface area contributed by atoms with Crippen LogP contribution in [0.15, 0.2) is 12.3 Å². The summed E-state index contributed by atoms with van der Waals surface area (Å²) in [6.07, 6.45) is 4.51. The summed E-state index contributed by atoms with van der Waals surface area (Å²) in [6.45, 7) is 0.551. The summed E-state index contributed by atoms with van der Waals surface area (Å²) in [4.78, 5) is 26.4. The Bertz CT molecular complexity index is 284. The summed E-state index contributed by atoms with van der Waals surface area (Å²) < 4.78 is 0. The minimum atomic E-state index is -0.0242. The fourth-order valence-corrected chi connectivity index (χ4v) is 1.60. The summed E-state index contributed by atoms with van der Waals surface area (Å²) in [5, 5.41) is 0. The molecular formula is C11H18N2O2. The Kier molecular flexibility index (Phi) is 3.88. The van der Waals surface area contributed by atoms with Crippen LogP contribution in [-0.2, 0) is 9.59 Å². The van der Waals surface area contributed by atoms with Crippen LogP contribution in [0.25, 0.3) is 0 Å². The van der Waals surface area contributed by atoms with Crippen LogP contribution >= 0.6 is 0 Å². The largest absolute Gasteiger partial charge is 0.383 e. The first-order chi connectivity index (χ1) is 7.00. The van der Waals surface area contributed by atoms with Gasteiger partial charge in [-0.05, 0) is 12.5 Å². The lowest BCUT2D eigenvalue weighted by Gasteiger charge is -2.28. The van der Waals surface area contributed by atoms with Gasteiger partial charge in [0.25, 0.3) is 0 Å². The molecule has 4 heteroatoms. The van der Waals surface area contributed by atoms with Crippen molar-refractivity contribution in [3.05, 3.63) is 12.3 Å². The van der Waals surface area contributed by atoms with E-state index in [9.17, 15) is 9.59 Å². The second kappa shape index (κ2) is 4.96. The topological polar surface area (TPSA) is 40.6 Å². The molecule has 0 aromatic carbocycles. The van der Waals surface area contributed by atoms with Crippen LogP contribution in [0, 0.1) is 5.92 Å². The average molecular weight is 210 g/mol. The van der Waals surface area contributed by atoms with Crippen molar-refractivity contribution in [2.24, 2.45) is 5.92 Å². The molecule has 1 fully saturated rings. The van der Waals surface area contributed by atoms with Crippen LogP contribution in [0.1, 0.15) is 12.8 Å². The van der Waals surface area contributed by atoms with Crippen molar-refractivity contribution in [1.29, 1.82) is 0 Å². The highest BCUT2D eigenvalue weighted by molar-refractivity contribution is 5.93. The van der Waals surface area contributed by atoms with Gasteiger partial charge in [0.1, 0.15) is 0 Å². The van der Waals surface area contributed by atoms with E-state index in [4.69, 9.17) is 0 Å². The van der Waals surface area contributed by atoms with Crippen molar-refractivity contribution in [3.8, 4) is 0 Å². The second-order valence-electron chi connectivity index (χ2n) is 4.19. The van der Waals surface area contributed by atoms with Crippen LogP contribution in [0.5, 0.6) is 0 Å². The van der Waals surface area contributed by atoms with E-state index in [1.54, 1.807) is 24.2 Å². The average Bonchev–Trinajstić information content (AvgIpc) is 2.18. The first-order valence-electron chi connectivity index (χ1n) is 5.13. The lowest BCUT2D eigenvalue weighted by atomic mass is 9.93. The number of piperidine rings is 1. The van der Waals surface area contributed by atoms with Gasteiger partial charge in [-0.15, -0.1) is 0 Å². The molecule has 1 atom stereocenters. The van der Waals surface area contributed by atoms with E-state index in [2.05, 4.69) is 0 Å². The van der Waals surface area contributed by atoms with Crippen molar-refractivity contribution < 1.29 is 9.59 Å². The van der Waals surface area contributed by atoms with Crippen LogP contribution in [0.2, 0.25) is 0 Å². The molecule has 0 aliphatic carbocycles. The minimum Gasteiger partial charge on any atom is -0.383 e. The molecule has 0 radical (unpaired) electrons. The minimum absolute atomic E-state index is 0.0242. The molecular weight excluding hydrogens is 192 g/mol. The number of hydrogen-bond acceptors (Lipinski definition) is 3. The molecule has 0 bridgehead atoms. The first kappa shape index (κ1) is 11.8. The Morgan fingerprint density at radius 2 is 2.20 bits per heavy atom. The van der Waals surface area contributed by atoms with Gasteiger partial charge >= 0.3 is 0 Å². The summed E-state index contributed by atoms with van der Waals surface area (Å²) >= 11 is 0. The van der Waals surface area contributed by atoms with E-state index in [0.29, 0.717) is 19.4 Å². The molecule has 0 spiro atoms. The molecule has 4 nitrogen and oxygen atoms in total. The lowest BCUT2D eigenvalue weighted by Crippen LogP contribution is -2.39. The number of allylic oxidation sites excluding steroid dienone is 1. The fourth-order valence-electron chi connectivity index (χ4n) is 1.60. The molecule has 1 rings (SSSR count). The number of likely N-dealkylation sites (tertiary alicyclic amines) is 1. The zero-order valence-corrected chi connectivity index (χ0v) is 9.56. The van der Waals surface area contributed by atoms with Crippen LogP contribution in [0.3, 0.4) is 0 Å². The maximum absolute atomic E-state index is 11.7. The van der Waals surface area contributed by atoms with Gasteiger partial charge in [0, 0.05) is 46.2 Å². The third kappa shape index (κ3) is 3.38. The van der Waals surface area contributed by atoms with E-state index in [1.165, 1.54) is 0 Å². The first-order valence-corrected chi connectivity index (χ1v) is 5.13. The molecule has 84 valence electrons. The molecule has 0 N–H and O–H groups in total. The van der Waals surface area contributed by atoms with Gasteiger partial charge in [0.05, 0.1) is 0 Å². The summed E-state index contributed by atoms with van der Waals surface area (Å²) in [6, 6.07) is 0. The number of carbonyl (C=O) groups excluding carboxylic acids is 2. The monoisotopic (exact) mass is 210 g/mol. The quantitative estimate of drug-likeness (QED) is 0.637. The highest BCUT2D eigenvalue weighted by Crippen LogP contribution is 2.17. The SMILES string of the molecule is CN(C)C=CC(=O)C1CCC(=O)N(C)C1. The molecule has 1 aliphatic heterocycles. The zero-order chi connectivity index (χ0) is 11.4. The van der Waals surface area contributed by atoms with E-state index >= 15 is 0 Å². The predicted molar refractivity (Wildman–Crippen MR) is 58.2 cm³/mol. The van der Waals surface area contributed by atoms with Gasteiger partial charge in [-0.25, -0.2) is 0 Å². The van der Waals surface area contributed by atoms with Gasteiger partial charge in [-0.2, -0.15) is 0 Å². The molecule has 1 saturated heterocycles. The highest BCUT2D eigenvalue weighted by Gasteiger charge is 2.26. The molecule has 1 heterocycles. The number of ketones is 1. The van der Waals surface area contributed by atoms with E-state index < -0.39 is 0 Å². The fraction of sp³-hybridized carbons (Fsp3) is 0.636. The van der Waals surface area contributed by atoms with Gasteiger partial charge in [-0.1, -0.05) is 0 Å². The maximum atomic E-state index is 11.7. The predicted octanol–water partition coefficient (Wildman–Crippen LogP) is 0.499. The normalized spacial score (nSPS) is 22.2. The van der Waals surface area contributed by atoms with Crippen LogP contribution in [-0.4, -0.2) is 49.2 Å². The number of amides is 1. The zero-order valence-electron chi connectivity index (χ0n) is 9.56. The van der Waals surface area contributed by atoms with Gasteiger partial charge < -0.3 is 9.80 Å². The number of nitrogens with zero attached hydrogens (tertiary/aromatic N) is 2. The highest BCUT2D eigenvalue weighted by atomic mass is 16.2. The Morgan fingerprint density at radius 3 is 2.73 bits per heavy atom.